The molecule has 7 nitrogen and oxygen atoms in total. The van der Waals surface area contributed by atoms with Crippen molar-refractivity contribution in [2.75, 3.05) is 0 Å². The molecule has 1 aromatic heterocycles. The fourth-order valence-corrected chi connectivity index (χ4v) is 3.89. The lowest BCUT2D eigenvalue weighted by molar-refractivity contribution is -0.144. The number of nitrogens with zero attached hydrogens (tertiary/aromatic N) is 3. The summed E-state index contributed by atoms with van der Waals surface area (Å²) in [6.07, 6.45) is 5.30. The van der Waals surface area contributed by atoms with E-state index in [9.17, 15) is 14.4 Å². The molecule has 27 heavy (non-hydrogen) atoms. The molecule has 2 aromatic rings. The fraction of sp³-hybridized carbons (Fsp3) is 0.400. The maximum atomic E-state index is 12.8. The van der Waals surface area contributed by atoms with Gasteiger partial charge in [0, 0.05) is 11.6 Å². The lowest BCUT2D eigenvalue weighted by Crippen LogP contribution is -2.46. The Morgan fingerprint density at radius 3 is 2.56 bits per heavy atom. The summed E-state index contributed by atoms with van der Waals surface area (Å²) in [4.78, 5) is 43.9. The van der Waals surface area contributed by atoms with E-state index in [1.54, 1.807) is 6.20 Å². The van der Waals surface area contributed by atoms with Crippen LogP contribution in [0.5, 0.6) is 0 Å². The molecule has 1 aromatic carbocycles. The van der Waals surface area contributed by atoms with Crippen molar-refractivity contribution in [2.45, 2.75) is 45.2 Å². The maximum Gasteiger partial charge on any atom is 0.334 e. The minimum Gasteiger partial charge on any atom is -0.439 e. The summed E-state index contributed by atoms with van der Waals surface area (Å²) in [6.45, 7) is 1.88. The predicted octanol–water partition coefficient (Wildman–Crippen LogP) is 3.21. The van der Waals surface area contributed by atoms with Gasteiger partial charge in [-0.2, -0.15) is 0 Å². The van der Waals surface area contributed by atoms with Gasteiger partial charge in [-0.25, -0.2) is 14.7 Å². The number of amides is 4. The number of carbonyl (C=O) groups is 3. The summed E-state index contributed by atoms with van der Waals surface area (Å²) >= 11 is 0. The summed E-state index contributed by atoms with van der Waals surface area (Å²) in [5.74, 6) is -0.577. The van der Waals surface area contributed by atoms with Crippen molar-refractivity contribution in [3.8, 4) is 11.3 Å². The first-order valence-electron chi connectivity index (χ1n) is 9.25. The average Bonchev–Trinajstić information content (AvgIpc) is 3.23. The Kier molecular flexibility index (Phi) is 4.51. The molecule has 1 aliphatic heterocycles. The first-order valence-corrected chi connectivity index (χ1v) is 9.25. The number of hydrogen-bond donors (Lipinski definition) is 0. The second-order valence-corrected chi connectivity index (χ2v) is 7.16. The summed E-state index contributed by atoms with van der Waals surface area (Å²) in [6, 6.07) is 8.65. The van der Waals surface area contributed by atoms with E-state index in [1.165, 1.54) is 0 Å². The molecule has 0 radical (unpaired) electrons. The zero-order valence-corrected chi connectivity index (χ0v) is 15.1. The Balaban J connectivity index is 1.53. The molecule has 4 amide bonds. The summed E-state index contributed by atoms with van der Waals surface area (Å²) in [7, 11) is 0. The molecule has 140 valence electrons. The van der Waals surface area contributed by atoms with Gasteiger partial charge in [0.25, 0.3) is 0 Å². The summed E-state index contributed by atoms with van der Waals surface area (Å²) in [5, 5.41) is 0. The van der Waals surface area contributed by atoms with Crippen LogP contribution in [0.25, 0.3) is 11.3 Å². The molecule has 2 atom stereocenters. The molecule has 2 aliphatic rings. The number of hydrogen-bond acceptors (Lipinski definition) is 5. The van der Waals surface area contributed by atoms with Gasteiger partial charge in [0.2, 0.25) is 5.89 Å². The van der Waals surface area contributed by atoms with Gasteiger partial charge in [-0.05, 0) is 18.8 Å². The van der Waals surface area contributed by atoms with Crippen molar-refractivity contribution >= 4 is 17.8 Å². The first kappa shape index (κ1) is 17.5. The van der Waals surface area contributed by atoms with E-state index in [1.807, 2.05) is 37.3 Å². The molecule has 7 heteroatoms. The molecule has 1 aliphatic carbocycles. The highest BCUT2D eigenvalue weighted by molar-refractivity contribution is 6.44. The standard InChI is InChI=1S/C20H21N3O4/c1-13-7-5-6-10-15(13)23-19(25)18(24)22(20(23)26)12-17-21-11-16(27-17)14-8-3-2-4-9-14/h2-4,8-9,11,13,15H,5-7,10,12H2,1H3/t13-,15-/m1/s1. The van der Waals surface area contributed by atoms with Crippen LogP contribution >= 0.6 is 0 Å². The predicted molar refractivity (Wildman–Crippen MR) is 96.2 cm³/mol. The second-order valence-electron chi connectivity index (χ2n) is 7.16. The van der Waals surface area contributed by atoms with Crippen LogP contribution in [-0.4, -0.2) is 38.7 Å². The highest BCUT2D eigenvalue weighted by Gasteiger charge is 2.49. The van der Waals surface area contributed by atoms with Crippen LogP contribution in [-0.2, 0) is 16.1 Å². The molecule has 0 N–H and O–H groups in total. The van der Waals surface area contributed by atoms with E-state index >= 15 is 0 Å². The number of urea groups is 1. The van der Waals surface area contributed by atoms with Gasteiger partial charge in [-0.15, -0.1) is 0 Å². The van der Waals surface area contributed by atoms with E-state index in [0.29, 0.717) is 5.76 Å². The number of rotatable bonds is 4. The Morgan fingerprint density at radius 2 is 1.81 bits per heavy atom. The zero-order valence-electron chi connectivity index (χ0n) is 15.1. The summed E-state index contributed by atoms with van der Waals surface area (Å²) in [5.41, 5.74) is 0.851. The quantitative estimate of drug-likeness (QED) is 0.612. The molecule has 0 unspecified atom stereocenters. The van der Waals surface area contributed by atoms with Crippen LogP contribution in [0.1, 0.15) is 38.5 Å². The third-order valence-corrected chi connectivity index (χ3v) is 5.39. The van der Waals surface area contributed by atoms with Crippen LogP contribution in [0.2, 0.25) is 0 Å². The molecule has 0 bridgehead atoms. The van der Waals surface area contributed by atoms with Crippen molar-refractivity contribution in [1.82, 2.24) is 14.8 Å². The van der Waals surface area contributed by atoms with Gasteiger partial charge in [0.15, 0.2) is 5.76 Å². The molecule has 0 spiro atoms. The number of oxazole rings is 1. The fourth-order valence-electron chi connectivity index (χ4n) is 3.89. The van der Waals surface area contributed by atoms with Gasteiger partial charge in [-0.3, -0.25) is 14.5 Å². The zero-order chi connectivity index (χ0) is 19.0. The van der Waals surface area contributed by atoms with E-state index in [0.717, 1.165) is 41.0 Å². The van der Waals surface area contributed by atoms with E-state index in [2.05, 4.69) is 4.98 Å². The Hall–Kier alpha value is -2.96. The first-order chi connectivity index (χ1) is 13.1. The molecular weight excluding hydrogens is 346 g/mol. The monoisotopic (exact) mass is 367 g/mol. The van der Waals surface area contributed by atoms with Crippen molar-refractivity contribution in [1.29, 1.82) is 0 Å². The van der Waals surface area contributed by atoms with E-state index in [-0.39, 0.29) is 24.4 Å². The Labute approximate surface area is 157 Å². The Morgan fingerprint density at radius 1 is 1.07 bits per heavy atom. The van der Waals surface area contributed by atoms with Crippen LogP contribution in [0, 0.1) is 5.92 Å². The molecule has 2 fully saturated rings. The topological polar surface area (TPSA) is 83.7 Å². The molecule has 2 heterocycles. The summed E-state index contributed by atoms with van der Waals surface area (Å²) < 4.78 is 5.68. The van der Waals surface area contributed by atoms with Gasteiger partial charge in [-0.1, -0.05) is 50.1 Å². The number of imide groups is 2. The van der Waals surface area contributed by atoms with Gasteiger partial charge in [0.1, 0.15) is 6.54 Å². The van der Waals surface area contributed by atoms with Crippen molar-refractivity contribution < 1.29 is 18.8 Å². The number of carbonyl (C=O) groups excluding carboxylic acids is 3. The third-order valence-electron chi connectivity index (χ3n) is 5.39. The molecular formula is C20H21N3O4. The second kappa shape index (κ2) is 6.98. The SMILES string of the molecule is C[C@@H]1CCCC[C@H]1N1C(=O)C(=O)N(Cc2ncc(-c3ccccc3)o2)C1=O. The lowest BCUT2D eigenvalue weighted by Gasteiger charge is -2.33. The van der Waals surface area contributed by atoms with Crippen LogP contribution in [0.3, 0.4) is 0 Å². The minimum absolute atomic E-state index is 0.145. The van der Waals surface area contributed by atoms with Crippen molar-refractivity contribution in [3.63, 3.8) is 0 Å². The third kappa shape index (κ3) is 3.13. The smallest absolute Gasteiger partial charge is 0.334 e. The lowest BCUT2D eigenvalue weighted by atomic mass is 9.85. The van der Waals surface area contributed by atoms with E-state index in [4.69, 9.17) is 4.42 Å². The average molecular weight is 367 g/mol. The van der Waals surface area contributed by atoms with Crippen molar-refractivity contribution in [3.05, 3.63) is 42.4 Å². The highest BCUT2D eigenvalue weighted by Crippen LogP contribution is 2.31. The molecule has 1 saturated carbocycles. The number of aromatic nitrogens is 1. The van der Waals surface area contributed by atoms with Crippen LogP contribution in [0.4, 0.5) is 4.79 Å². The normalized spacial score (nSPS) is 23.4. The Bertz CT molecular complexity index is 876. The largest absolute Gasteiger partial charge is 0.439 e. The van der Waals surface area contributed by atoms with Gasteiger partial charge < -0.3 is 4.42 Å². The minimum atomic E-state index is -0.808. The highest BCUT2D eigenvalue weighted by atomic mass is 16.4. The molecule has 4 rings (SSSR count). The van der Waals surface area contributed by atoms with Crippen molar-refractivity contribution in [2.24, 2.45) is 5.92 Å². The molecule has 1 saturated heterocycles. The number of benzene rings is 1. The van der Waals surface area contributed by atoms with Gasteiger partial charge >= 0.3 is 17.8 Å². The maximum absolute atomic E-state index is 12.8. The van der Waals surface area contributed by atoms with Crippen LogP contribution < -0.4 is 0 Å². The van der Waals surface area contributed by atoms with Crippen LogP contribution in [0.15, 0.2) is 40.9 Å². The van der Waals surface area contributed by atoms with Gasteiger partial charge in [0.05, 0.1) is 6.20 Å². The van der Waals surface area contributed by atoms with E-state index < -0.39 is 17.8 Å².